The summed E-state index contributed by atoms with van der Waals surface area (Å²) in [6.07, 6.45) is 2.58. The largest absolute Gasteiger partial charge is 0.481 e. The molecule has 0 aromatic heterocycles. The molecule has 0 saturated heterocycles. The average Bonchev–Trinajstić information content (AvgIpc) is 3.44. The highest BCUT2D eigenvalue weighted by molar-refractivity contribution is 7.98. The predicted octanol–water partition coefficient (Wildman–Crippen LogP) is 0.227. The molecule has 0 saturated carbocycles. The van der Waals surface area contributed by atoms with Gasteiger partial charge >= 0.3 is 5.97 Å². The van der Waals surface area contributed by atoms with Crippen LogP contribution in [-0.4, -0.2) is 156 Å². The van der Waals surface area contributed by atoms with Crippen LogP contribution in [0.2, 0.25) is 0 Å². The van der Waals surface area contributed by atoms with E-state index in [9.17, 15) is 57.8 Å². The first-order valence-corrected chi connectivity index (χ1v) is 31.3. The molecular formula is C63H89N13O12S. The Morgan fingerprint density at radius 3 is 1.37 bits per heavy atom. The van der Waals surface area contributed by atoms with Gasteiger partial charge < -0.3 is 75.9 Å². The molecule has 9 atom stereocenters. The molecule has 4 rings (SSSR count). The van der Waals surface area contributed by atoms with Gasteiger partial charge in [-0.15, -0.1) is 0 Å². The molecule has 0 aliphatic rings. The number of hydrogen-bond donors (Lipinski definition) is 14. The zero-order valence-corrected chi connectivity index (χ0v) is 51.9. The summed E-state index contributed by atoms with van der Waals surface area (Å²) in [5.41, 5.74) is 24.7. The Balaban J connectivity index is 1.65. The van der Waals surface area contributed by atoms with Crippen molar-refractivity contribution in [1.82, 2.24) is 47.9 Å². The lowest BCUT2D eigenvalue weighted by Crippen LogP contribution is -2.60. The zero-order chi connectivity index (χ0) is 65.4. The van der Waals surface area contributed by atoms with Gasteiger partial charge in [0.2, 0.25) is 59.1 Å². The smallest absolute Gasteiger partial charge is 0.305 e. The lowest BCUT2D eigenvalue weighted by atomic mass is 9.99. The second-order valence-electron chi connectivity index (χ2n) is 22.3. The number of carbonyl (C=O) groups is 11. The molecule has 0 unspecified atom stereocenters. The van der Waals surface area contributed by atoms with Crippen molar-refractivity contribution < 1.29 is 57.8 Å². The Labute approximate surface area is 523 Å². The SMILES string of the molecule is CSCC[C@H](NC(=O)[C@H](CC(C)C)NC(=O)CNC(=O)[C@H](Cc1ccc2ccccc2c1)NC(=O)[C@H](Cc1ccccc1)NC(=O)[C@H](CCCCN)NC(=O)[C@H](CC(=O)O)NC(=O)[C@H](Cc1ccccc1)NC(=O)[C@H](CCCCN)NC(=O)[C@H](C)N)C(N)=O. The first-order valence-electron chi connectivity index (χ1n) is 29.9. The Bertz CT molecular complexity index is 2990. The molecule has 0 aliphatic carbocycles. The Hall–Kier alpha value is -8.46. The van der Waals surface area contributed by atoms with E-state index in [1.54, 1.807) is 66.7 Å². The summed E-state index contributed by atoms with van der Waals surface area (Å²) in [5, 5.41) is 35.5. The van der Waals surface area contributed by atoms with Crippen LogP contribution >= 0.6 is 11.8 Å². The van der Waals surface area contributed by atoms with Gasteiger partial charge in [0.25, 0.3) is 0 Å². The number of primary amides is 1. The number of rotatable bonds is 40. The van der Waals surface area contributed by atoms with Crippen molar-refractivity contribution in [2.24, 2.45) is 28.9 Å². The molecule has 25 nitrogen and oxygen atoms in total. The number of benzene rings is 4. The molecule has 26 heteroatoms. The second-order valence-corrected chi connectivity index (χ2v) is 23.3. The van der Waals surface area contributed by atoms with E-state index in [1.165, 1.54) is 18.7 Å². The molecule has 89 heavy (non-hydrogen) atoms. The van der Waals surface area contributed by atoms with Crippen LogP contribution in [0.5, 0.6) is 0 Å². The molecule has 18 N–H and O–H groups in total. The van der Waals surface area contributed by atoms with Crippen LogP contribution in [0.3, 0.4) is 0 Å². The third-order valence-corrected chi connectivity index (χ3v) is 15.0. The number of carboxylic acids is 1. The van der Waals surface area contributed by atoms with Crippen LogP contribution < -0.4 is 70.8 Å². The monoisotopic (exact) mass is 1250 g/mol. The molecule has 484 valence electrons. The minimum Gasteiger partial charge on any atom is -0.481 e. The van der Waals surface area contributed by atoms with E-state index >= 15 is 0 Å². The number of unbranched alkanes of at least 4 members (excludes halogenated alkanes) is 2. The molecule has 0 spiro atoms. The Morgan fingerprint density at radius 1 is 0.461 bits per heavy atom. The van der Waals surface area contributed by atoms with Crippen LogP contribution in [0.25, 0.3) is 10.8 Å². The van der Waals surface area contributed by atoms with Gasteiger partial charge in [-0.2, -0.15) is 11.8 Å². The molecule has 0 radical (unpaired) electrons. The zero-order valence-electron chi connectivity index (χ0n) is 51.1. The number of fused-ring (bicyclic) bond motifs is 1. The van der Waals surface area contributed by atoms with Crippen LogP contribution in [0, 0.1) is 5.92 Å². The number of nitrogens with two attached hydrogens (primary N) is 4. The Morgan fingerprint density at radius 2 is 0.888 bits per heavy atom. The summed E-state index contributed by atoms with van der Waals surface area (Å²) < 4.78 is 0. The number of carboxylic acid groups (broad SMARTS) is 1. The summed E-state index contributed by atoms with van der Waals surface area (Å²) in [7, 11) is 0. The number of amides is 10. The summed E-state index contributed by atoms with van der Waals surface area (Å²) in [4.78, 5) is 151. The molecule has 0 fully saturated rings. The van der Waals surface area contributed by atoms with Gasteiger partial charge in [0, 0.05) is 19.3 Å². The van der Waals surface area contributed by atoms with Gasteiger partial charge in [-0.25, -0.2) is 0 Å². The summed E-state index contributed by atoms with van der Waals surface area (Å²) >= 11 is 1.46. The fraction of sp³-hybridized carbons (Fsp3) is 0.476. The van der Waals surface area contributed by atoms with E-state index in [0.29, 0.717) is 48.3 Å². The molecule has 0 heterocycles. The summed E-state index contributed by atoms with van der Waals surface area (Å²) in [6, 6.07) is 18.3. The van der Waals surface area contributed by atoms with E-state index in [4.69, 9.17) is 22.9 Å². The van der Waals surface area contributed by atoms with Crippen molar-refractivity contribution in [3.63, 3.8) is 0 Å². The normalized spacial score (nSPS) is 14.2. The van der Waals surface area contributed by atoms with Crippen LogP contribution in [0.4, 0.5) is 0 Å². The van der Waals surface area contributed by atoms with Crippen LogP contribution in [0.15, 0.2) is 103 Å². The number of hydrogen-bond acceptors (Lipinski definition) is 15. The molecule has 0 bridgehead atoms. The second kappa shape index (κ2) is 38.7. The highest BCUT2D eigenvalue weighted by atomic mass is 32.2. The van der Waals surface area contributed by atoms with Crippen molar-refractivity contribution in [3.8, 4) is 0 Å². The van der Waals surface area contributed by atoms with E-state index in [-0.39, 0.29) is 63.8 Å². The van der Waals surface area contributed by atoms with Gasteiger partial charge in [0.1, 0.15) is 48.3 Å². The van der Waals surface area contributed by atoms with Gasteiger partial charge in [0.15, 0.2) is 0 Å². The van der Waals surface area contributed by atoms with Gasteiger partial charge in [-0.1, -0.05) is 117 Å². The summed E-state index contributed by atoms with van der Waals surface area (Å²) in [5.74, 6) is -9.18. The fourth-order valence-corrected chi connectivity index (χ4v) is 10.0. The number of carbonyl (C=O) groups excluding carboxylic acids is 10. The van der Waals surface area contributed by atoms with Crippen molar-refractivity contribution in [2.75, 3.05) is 31.6 Å². The molecule has 4 aromatic carbocycles. The van der Waals surface area contributed by atoms with E-state index < -0.39 is 132 Å². The third kappa shape index (κ3) is 26.4. The highest BCUT2D eigenvalue weighted by Crippen LogP contribution is 2.18. The minimum absolute atomic E-state index is 0.0773. The lowest BCUT2D eigenvalue weighted by molar-refractivity contribution is -0.141. The van der Waals surface area contributed by atoms with Gasteiger partial charge in [-0.3, -0.25) is 52.7 Å². The topological polar surface area (TPSA) is 420 Å². The average molecular weight is 1250 g/mol. The van der Waals surface area contributed by atoms with E-state index in [1.807, 2.05) is 56.5 Å². The predicted molar refractivity (Wildman–Crippen MR) is 340 cm³/mol. The van der Waals surface area contributed by atoms with Crippen LogP contribution in [0.1, 0.15) is 95.2 Å². The fourth-order valence-electron chi connectivity index (χ4n) is 9.53. The minimum atomic E-state index is -1.83. The molecule has 4 aromatic rings. The third-order valence-electron chi connectivity index (χ3n) is 14.4. The first kappa shape index (κ1) is 73.0. The maximum absolute atomic E-state index is 14.8. The van der Waals surface area contributed by atoms with E-state index in [0.717, 1.165) is 10.8 Å². The summed E-state index contributed by atoms with van der Waals surface area (Å²) in [6.45, 7) is 4.99. The van der Waals surface area contributed by atoms with Gasteiger partial charge in [0.05, 0.1) is 19.0 Å². The van der Waals surface area contributed by atoms with Crippen molar-refractivity contribution in [1.29, 1.82) is 0 Å². The van der Waals surface area contributed by atoms with Gasteiger partial charge in [-0.05, 0) is 117 Å². The molecule has 0 aliphatic heterocycles. The maximum Gasteiger partial charge on any atom is 0.305 e. The lowest BCUT2D eigenvalue weighted by Gasteiger charge is -2.28. The number of thioether (sulfide) groups is 1. The van der Waals surface area contributed by atoms with E-state index in [2.05, 4.69) is 47.9 Å². The van der Waals surface area contributed by atoms with Crippen molar-refractivity contribution in [3.05, 3.63) is 120 Å². The Kier molecular flexibility index (Phi) is 31.8. The maximum atomic E-state index is 14.8. The number of nitrogens with one attached hydrogen (secondary N) is 9. The first-order chi connectivity index (χ1) is 42.5. The highest BCUT2D eigenvalue weighted by Gasteiger charge is 2.35. The number of aliphatic carboxylic acids is 1. The molecular weight excluding hydrogens is 1160 g/mol. The van der Waals surface area contributed by atoms with Crippen molar-refractivity contribution in [2.45, 2.75) is 152 Å². The van der Waals surface area contributed by atoms with Crippen molar-refractivity contribution >= 4 is 87.6 Å². The molecule has 10 amide bonds. The standard InChI is InChI=1S/C63H89N13O12S/c1-38(2)31-48(60(85)70-45(55(67)80)27-30-89-4)69-53(77)37-68-57(82)49(35-42-25-26-43-21-11-12-22-44(43)32-42)73-61(86)50(33-40-17-7-5-8-18-40)75-59(84)47(24-14-16-29-65)72-63(88)52(36-54(78)79)76-62(87)51(34-41-19-9-6-10-20-41)74-58(83)46(23-13-15-28-64)71-56(81)39(3)66/h5-12,17-22,25-26,32,38-39,45-52H,13-16,23-24,27-31,33-37,64-66H2,1-4H3,(H2,67,80)(H,68,82)(H,69,77)(H,70,85)(H,71,81)(H,72,88)(H,73,86)(H,74,83)(H,75,84)(H,76,87)(H,78,79)/t39-,45-,46-,47-,48-,49-,50-,51-,52-/m0/s1. The quantitative estimate of drug-likeness (QED) is 0.0265. The van der Waals surface area contributed by atoms with Crippen LogP contribution in [-0.2, 0) is 72.0 Å².